The number of carbonyl (C=O) groups excluding carboxylic acids is 1. The summed E-state index contributed by atoms with van der Waals surface area (Å²) < 4.78 is 5.36. The molecule has 0 spiro atoms. The average Bonchev–Trinajstić information content (AvgIpc) is 2.49. The number of rotatable bonds is 11. The fraction of sp³-hybridized carbons (Fsp3) is 0.611. The predicted octanol–water partition coefficient (Wildman–Crippen LogP) is 2.29. The molecule has 132 valence electrons. The summed E-state index contributed by atoms with van der Waals surface area (Å²) in [6, 6.07) is -0.287. The molecule has 0 aliphatic rings. The molecule has 0 heterocycles. The lowest BCUT2D eigenvalue weighted by Gasteiger charge is -2.28. The summed E-state index contributed by atoms with van der Waals surface area (Å²) in [6.45, 7) is 17.4. The highest BCUT2D eigenvalue weighted by Crippen LogP contribution is 2.10. The van der Waals surface area contributed by atoms with Crippen molar-refractivity contribution in [3.63, 3.8) is 0 Å². The van der Waals surface area contributed by atoms with Gasteiger partial charge in [0, 0.05) is 25.8 Å². The Labute approximate surface area is 141 Å². The zero-order valence-electron chi connectivity index (χ0n) is 15.5. The zero-order chi connectivity index (χ0) is 18.0. The van der Waals surface area contributed by atoms with Crippen molar-refractivity contribution >= 4 is 5.91 Å². The van der Waals surface area contributed by atoms with Crippen molar-refractivity contribution < 1.29 is 9.53 Å². The molecule has 1 atom stereocenters. The summed E-state index contributed by atoms with van der Waals surface area (Å²) in [6.07, 6.45) is 1.95. The second-order valence-electron chi connectivity index (χ2n) is 5.96. The number of amides is 1. The van der Waals surface area contributed by atoms with Crippen LogP contribution in [0.15, 0.2) is 36.3 Å². The molecule has 0 aromatic heterocycles. The highest BCUT2D eigenvalue weighted by Gasteiger charge is 2.24. The summed E-state index contributed by atoms with van der Waals surface area (Å²) in [4.78, 5) is 14.4. The fourth-order valence-electron chi connectivity index (χ4n) is 2.00. The molecule has 0 aromatic carbocycles. The van der Waals surface area contributed by atoms with Crippen molar-refractivity contribution in [1.82, 2.24) is 15.5 Å². The molecule has 0 bridgehead atoms. The lowest BCUT2D eigenvalue weighted by Crippen LogP contribution is -2.48. The molecule has 23 heavy (non-hydrogen) atoms. The van der Waals surface area contributed by atoms with E-state index in [1.165, 1.54) is 0 Å². The zero-order valence-corrected chi connectivity index (χ0v) is 15.5. The van der Waals surface area contributed by atoms with Gasteiger partial charge in [-0.3, -0.25) is 4.79 Å². The number of ether oxygens (including phenoxy) is 1. The summed E-state index contributed by atoms with van der Waals surface area (Å²) in [5, 5.41) is 6.24. The fourth-order valence-corrected chi connectivity index (χ4v) is 2.00. The van der Waals surface area contributed by atoms with Crippen molar-refractivity contribution in [3.05, 3.63) is 36.3 Å². The van der Waals surface area contributed by atoms with E-state index in [0.29, 0.717) is 25.5 Å². The molecule has 0 saturated heterocycles. The van der Waals surface area contributed by atoms with Crippen LogP contribution in [0.5, 0.6) is 0 Å². The molecular formula is C18H33N3O2. The van der Waals surface area contributed by atoms with Gasteiger partial charge in [-0.2, -0.15) is 0 Å². The molecular weight excluding hydrogens is 290 g/mol. The van der Waals surface area contributed by atoms with Gasteiger partial charge in [0.05, 0.1) is 6.61 Å². The molecule has 1 unspecified atom stereocenters. The number of likely N-dealkylation sites (N-methyl/N-ethyl adjacent to an activating group) is 2. The molecule has 0 fully saturated rings. The third kappa shape index (κ3) is 7.88. The molecule has 0 radical (unpaired) electrons. The Hall–Kier alpha value is -1.75. The topological polar surface area (TPSA) is 53.6 Å². The number of hydrogen-bond donors (Lipinski definition) is 2. The lowest BCUT2D eigenvalue weighted by atomic mass is 10.0. The maximum absolute atomic E-state index is 12.7. The van der Waals surface area contributed by atoms with Gasteiger partial charge in [-0.1, -0.05) is 33.1 Å². The molecule has 0 aliphatic heterocycles. The summed E-state index contributed by atoms with van der Waals surface area (Å²) in [5.74, 6) is 0.861. The van der Waals surface area contributed by atoms with Crippen LogP contribution in [0, 0.1) is 5.92 Å². The maximum Gasteiger partial charge on any atom is 0.245 e. The van der Waals surface area contributed by atoms with Crippen LogP contribution in [-0.4, -0.2) is 50.6 Å². The van der Waals surface area contributed by atoms with Crippen LogP contribution in [0.3, 0.4) is 0 Å². The average molecular weight is 323 g/mol. The van der Waals surface area contributed by atoms with Crippen molar-refractivity contribution in [2.45, 2.75) is 33.7 Å². The van der Waals surface area contributed by atoms with Crippen molar-refractivity contribution in [2.24, 2.45) is 5.92 Å². The Bertz CT molecular complexity index is 442. The molecule has 0 aromatic rings. The van der Waals surface area contributed by atoms with Gasteiger partial charge in [0.15, 0.2) is 0 Å². The van der Waals surface area contributed by atoms with Gasteiger partial charge in [-0.05, 0) is 32.4 Å². The Kier molecular flexibility index (Phi) is 10.1. The van der Waals surface area contributed by atoms with Crippen LogP contribution >= 0.6 is 0 Å². The standard InChI is InChI=1S/C18H33N3O2/c1-9-23-16(6)14(4)10-11-21(8)18(22)17(13(2)3)20-15(5)12-19-7/h10,13,17,19-20H,5-6,9,11-12H2,1-4,7-8H3/b14-10+. The molecule has 5 nitrogen and oxygen atoms in total. The maximum atomic E-state index is 12.7. The van der Waals surface area contributed by atoms with E-state index >= 15 is 0 Å². The highest BCUT2D eigenvalue weighted by atomic mass is 16.5. The summed E-state index contributed by atoms with van der Waals surface area (Å²) in [7, 11) is 3.65. The van der Waals surface area contributed by atoms with Crippen LogP contribution in [0.1, 0.15) is 27.7 Å². The second kappa shape index (κ2) is 10.9. The van der Waals surface area contributed by atoms with E-state index in [1.807, 2.05) is 40.8 Å². The van der Waals surface area contributed by atoms with E-state index in [0.717, 1.165) is 11.3 Å². The molecule has 0 saturated carbocycles. The summed E-state index contributed by atoms with van der Waals surface area (Å²) in [5.41, 5.74) is 1.75. The number of nitrogens with one attached hydrogen (secondary N) is 2. The van der Waals surface area contributed by atoms with E-state index in [4.69, 9.17) is 4.74 Å². The Morgan fingerprint density at radius 1 is 1.35 bits per heavy atom. The Morgan fingerprint density at radius 3 is 2.43 bits per heavy atom. The van der Waals surface area contributed by atoms with Gasteiger partial charge in [-0.15, -0.1) is 0 Å². The first-order valence-corrected chi connectivity index (χ1v) is 8.07. The van der Waals surface area contributed by atoms with E-state index < -0.39 is 0 Å². The smallest absolute Gasteiger partial charge is 0.245 e. The molecule has 1 amide bonds. The van der Waals surface area contributed by atoms with Crippen molar-refractivity contribution in [1.29, 1.82) is 0 Å². The first kappa shape index (κ1) is 21.2. The number of hydrogen-bond acceptors (Lipinski definition) is 4. The van der Waals surface area contributed by atoms with E-state index in [9.17, 15) is 4.79 Å². The van der Waals surface area contributed by atoms with E-state index in [-0.39, 0.29) is 17.9 Å². The van der Waals surface area contributed by atoms with Gasteiger partial charge < -0.3 is 20.3 Å². The van der Waals surface area contributed by atoms with Crippen LogP contribution in [0.4, 0.5) is 0 Å². The third-order valence-corrected chi connectivity index (χ3v) is 3.49. The quantitative estimate of drug-likeness (QED) is 0.452. The van der Waals surface area contributed by atoms with Crippen LogP contribution in [0.2, 0.25) is 0 Å². The van der Waals surface area contributed by atoms with E-state index in [1.54, 1.807) is 11.9 Å². The van der Waals surface area contributed by atoms with E-state index in [2.05, 4.69) is 23.8 Å². The normalized spacial score (nSPS) is 12.7. The van der Waals surface area contributed by atoms with Crippen LogP contribution < -0.4 is 10.6 Å². The van der Waals surface area contributed by atoms with Gasteiger partial charge in [0.25, 0.3) is 0 Å². The largest absolute Gasteiger partial charge is 0.494 e. The predicted molar refractivity (Wildman–Crippen MR) is 97.0 cm³/mol. The first-order chi connectivity index (χ1) is 10.7. The SMILES string of the molecule is C=C(CNC)NC(C(=O)N(C)C/C=C(\C)C(=C)OCC)C(C)C. The molecule has 0 rings (SSSR count). The minimum Gasteiger partial charge on any atom is -0.494 e. The van der Waals surface area contributed by atoms with Crippen LogP contribution in [0.25, 0.3) is 0 Å². The molecule has 5 heteroatoms. The third-order valence-electron chi connectivity index (χ3n) is 3.49. The van der Waals surface area contributed by atoms with Gasteiger partial charge in [-0.25, -0.2) is 0 Å². The monoisotopic (exact) mass is 323 g/mol. The lowest BCUT2D eigenvalue weighted by molar-refractivity contribution is -0.132. The van der Waals surface area contributed by atoms with Crippen LogP contribution in [-0.2, 0) is 9.53 Å². The van der Waals surface area contributed by atoms with Gasteiger partial charge >= 0.3 is 0 Å². The van der Waals surface area contributed by atoms with Crippen molar-refractivity contribution in [3.8, 4) is 0 Å². The number of carbonyl (C=O) groups is 1. The summed E-state index contributed by atoms with van der Waals surface area (Å²) >= 11 is 0. The minimum absolute atomic E-state index is 0.0447. The highest BCUT2D eigenvalue weighted by molar-refractivity contribution is 5.82. The van der Waals surface area contributed by atoms with Gasteiger partial charge in [0.2, 0.25) is 5.91 Å². The van der Waals surface area contributed by atoms with Crippen molar-refractivity contribution in [2.75, 3.05) is 33.8 Å². The van der Waals surface area contributed by atoms with Gasteiger partial charge in [0.1, 0.15) is 11.8 Å². The number of allylic oxidation sites excluding steroid dienone is 1. The molecule has 0 aliphatic carbocycles. The molecule has 2 N–H and O–H groups in total. The minimum atomic E-state index is -0.287. The Morgan fingerprint density at radius 2 is 1.96 bits per heavy atom. The first-order valence-electron chi connectivity index (χ1n) is 8.07. The Balaban J connectivity index is 4.78. The number of nitrogens with zero attached hydrogens (tertiary/aromatic N) is 1. The second-order valence-corrected chi connectivity index (χ2v) is 5.96.